The van der Waals surface area contributed by atoms with Crippen molar-refractivity contribution in [3.8, 4) is 0 Å². The van der Waals surface area contributed by atoms with E-state index in [9.17, 15) is 9.59 Å². The van der Waals surface area contributed by atoms with Crippen molar-refractivity contribution in [1.82, 2.24) is 0 Å². The van der Waals surface area contributed by atoms with Gasteiger partial charge in [-0.3, -0.25) is 9.59 Å². The molecule has 0 rings (SSSR count). The van der Waals surface area contributed by atoms with E-state index in [0.717, 1.165) is 70.6 Å². The molecule has 0 amide bonds. The minimum atomic E-state index is -0.532. The highest BCUT2D eigenvalue weighted by Gasteiger charge is 2.17. The first kappa shape index (κ1) is 46.1. The Morgan fingerprint density at radius 2 is 0.938 bits per heavy atom. The van der Waals surface area contributed by atoms with Gasteiger partial charge in [0.05, 0.1) is 6.61 Å². The van der Waals surface area contributed by atoms with E-state index >= 15 is 0 Å². The molecule has 5 nitrogen and oxygen atoms in total. The number of carbonyl (C=O) groups is 2. The molecule has 1 unspecified atom stereocenters. The fourth-order valence-electron chi connectivity index (χ4n) is 5.64. The van der Waals surface area contributed by atoms with Crippen LogP contribution in [0, 0.1) is 0 Å². The number of hydrogen-bond donors (Lipinski definition) is 0. The van der Waals surface area contributed by atoms with Gasteiger partial charge in [-0.2, -0.15) is 0 Å². The Hall–Kier alpha value is -1.88. The molecule has 0 fully saturated rings. The van der Waals surface area contributed by atoms with Gasteiger partial charge in [0.15, 0.2) is 6.10 Å². The number of ether oxygens (including phenoxy) is 3. The second kappa shape index (κ2) is 39.6. The van der Waals surface area contributed by atoms with E-state index in [-0.39, 0.29) is 25.2 Å². The summed E-state index contributed by atoms with van der Waals surface area (Å²) in [5.74, 6) is -0.417. The Balaban J connectivity index is 4.20. The van der Waals surface area contributed by atoms with Crippen LogP contribution in [-0.2, 0) is 23.8 Å². The van der Waals surface area contributed by atoms with E-state index < -0.39 is 6.10 Å². The fraction of sp³-hybridized carbons (Fsp3) is 0.814. The highest BCUT2D eigenvalue weighted by molar-refractivity contribution is 5.70. The zero-order chi connectivity index (χ0) is 35.0. The van der Waals surface area contributed by atoms with Gasteiger partial charge in [-0.25, -0.2) is 0 Å². The summed E-state index contributed by atoms with van der Waals surface area (Å²) in [6.45, 7) is 7.67. The van der Waals surface area contributed by atoms with E-state index in [1.165, 1.54) is 96.3 Å². The molecule has 0 aromatic carbocycles. The number of carbonyl (C=O) groups excluding carboxylic acids is 2. The molecule has 0 saturated carbocycles. The molecular formula is C43H78O5. The van der Waals surface area contributed by atoms with Gasteiger partial charge in [-0.05, 0) is 51.4 Å². The highest BCUT2D eigenvalue weighted by atomic mass is 16.6. The molecule has 5 heteroatoms. The van der Waals surface area contributed by atoms with Crippen LogP contribution in [0.5, 0.6) is 0 Å². The quantitative estimate of drug-likeness (QED) is 0.0373. The largest absolute Gasteiger partial charge is 0.462 e. The van der Waals surface area contributed by atoms with Gasteiger partial charge >= 0.3 is 11.9 Å². The Bertz CT molecular complexity index is 771. The van der Waals surface area contributed by atoms with Crippen LogP contribution in [0.25, 0.3) is 0 Å². The van der Waals surface area contributed by atoms with Gasteiger partial charge in [0.2, 0.25) is 0 Å². The van der Waals surface area contributed by atoms with Crippen LogP contribution in [0.4, 0.5) is 0 Å². The molecule has 280 valence electrons. The smallest absolute Gasteiger partial charge is 0.306 e. The molecule has 1 atom stereocenters. The van der Waals surface area contributed by atoms with Gasteiger partial charge in [0, 0.05) is 19.4 Å². The molecular weight excluding hydrogens is 596 g/mol. The number of allylic oxidation sites excluding steroid dienone is 6. The first-order valence-corrected chi connectivity index (χ1v) is 20.5. The molecule has 0 radical (unpaired) electrons. The lowest BCUT2D eigenvalue weighted by Gasteiger charge is -2.18. The minimum Gasteiger partial charge on any atom is -0.462 e. The van der Waals surface area contributed by atoms with Gasteiger partial charge < -0.3 is 14.2 Å². The third-order valence-electron chi connectivity index (χ3n) is 8.69. The minimum absolute atomic E-state index is 0.0801. The van der Waals surface area contributed by atoms with Gasteiger partial charge in [-0.15, -0.1) is 0 Å². The summed E-state index contributed by atoms with van der Waals surface area (Å²) in [7, 11) is 0. The zero-order valence-corrected chi connectivity index (χ0v) is 32.0. The van der Waals surface area contributed by atoms with E-state index in [0.29, 0.717) is 19.4 Å². The first-order chi connectivity index (χ1) is 23.6. The van der Waals surface area contributed by atoms with Crippen molar-refractivity contribution >= 4 is 11.9 Å². The van der Waals surface area contributed by atoms with Gasteiger partial charge in [-0.1, -0.05) is 173 Å². The monoisotopic (exact) mass is 675 g/mol. The summed E-state index contributed by atoms with van der Waals surface area (Å²) in [5.41, 5.74) is 0. The third-order valence-corrected chi connectivity index (χ3v) is 8.69. The van der Waals surface area contributed by atoms with Crippen molar-refractivity contribution in [1.29, 1.82) is 0 Å². The second-order valence-electron chi connectivity index (χ2n) is 13.5. The number of hydrogen-bond acceptors (Lipinski definition) is 5. The Kier molecular flexibility index (Phi) is 38.0. The van der Waals surface area contributed by atoms with Crippen molar-refractivity contribution in [2.24, 2.45) is 0 Å². The number of rotatable bonds is 37. The maximum Gasteiger partial charge on any atom is 0.306 e. The predicted molar refractivity (Wildman–Crippen MR) is 205 cm³/mol. The molecule has 0 aliphatic rings. The SMILES string of the molecule is CC/C=C\C/C=C\C/C=C\CCCCCCCC(=O)OCC(COCCCCCCCCCC)OC(=O)CCCCCCCCCCC. The average molecular weight is 675 g/mol. The van der Waals surface area contributed by atoms with Gasteiger partial charge in [0.25, 0.3) is 0 Å². The molecule has 0 bridgehead atoms. The summed E-state index contributed by atoms with van der Waals surface area (Å²) < 4.78 is 17.2. The van der Waals surface area contributed by atoms with E-state index in [4.69, 9.17) is 14.2 Å². The summed E-state index contributed by atoms with van der Waals surface area (Å²) >= 11 is 0. The molecule has 0 saturated heterocycles. The molecule has 0 aromatic rings. The molecule has 0 aromatic heterocycles. The highest BCUT2D eigenvalue weighted by Crippen LogP contribution is 2.13. The Labute approximate surface area is 298 Å². The normalized spacial score (nSPS) is 12.5. The Morgan fingerprint density at radius 3 is 1.50 bits per heavy atom. The first-order valence-electron chi connectivity index (χ1n) is 20.5. The van der Waals surface area contributed by atoms with Crippen molar-refractivity contribution in [3.05, 3.63) is 36.5 Å². The fourth-order valence-corrected chi connectivity index (χ4v) is 5.64. The lowest BCUT2D eigenvalue weighted by atomic mass is 10.1. The third kappa shape index (κ3) is 36.9. The van der Waals surface area contributed by atoms with Crippen LogP contribution in [0.15, 0.2) is 36.5 Å². The second-order valence-corrected chi connectivity index (χ2v) is 13.5. The maximum absolute atomic E-state index is 12.6. The van der Waals surface area contributed by atoms with Crippen LogP contribution in [-0.4, -0.2) is 37.9 Å². The standard InChI is InChI=1S/C43H78O5/c1-4-7-10-13-16-19-20-21-22-23-24-26-27-30-33-36-42(44)47-40-41(39-46-38-35-32-29-18-15-12-9-6-3)48-43(45)37-34-31-28-25-17-14-11-8-5-2/h7,10,16,19,21-22,41H,4-6,8-9,11-15,17-18,20,23-40H2,1-3H3/b10-7-,19-16-,22-21-. The van der Waals surface area contributed by atoms with Crippen LogP contribution in [0.1, 0.15) is 201 Å². The lowest BCUT2D eigenvalue weighted by Crippen LogP contribution is -2.30. The zero-order valence-electron chi connectivity index (χ0n) is 32.0. The predicted octanol–water partition coefficient (Wildman–Crippen LogP) is 13.1. The van der Waals surface area contributed by atoms with Crippen LogP contribution in [0.2, 0.25) is 0 Å². The van der Waals surface area contributed by atoms with E-state index in [1.54, 1.807) is 0 Å². The summed E-state index contributed by atoms with van der Waals surface area (Å²) in [6.07, 6.45) is 44.2. The number of unbranched alkanes of at least 4 members (excludes halogenated alkanes) is 20. The molecule has 0 heterocycles. The molecule has 48 heavy (non-hydrogen) atoms. The molecule has 0 aliphatic carbocycles. The average Bonchev–Trinajstić information content (AvgIpc) is 3.08. The van der Waals surface area contributed by atoms with Crippen LogP contribution >= 0.6 is 0 Å². The topological polar surface area (TPSA) is 61.8 Å². The van der Waals surface area contributed by atoms with Crippen molar-refractivity contribution < 1.29 is 23.8 Å². The maximum atomic E-state index is 12.6. The Morgan fingerprint density at radius 1 is 0.479 bits per heavy atom. The molecule has 0 N–H and O–H groups in total. The number of esters is 2. The van der Waals surface area contributed by atoms with Gasteiger partial charge in [0.1, 0.15) is 6.61 Å². The van der Waals surface area contributed by atoms with E-state index in [2.05, 4.69) is 57.2 Å². The summed E-state index contributed by atoms with van der Waals surface area (Å²) in [4.78, 5) is 25.0. The van der Waals surface area contributed by atoms with Crippen LogP contribution < -0.4 is 0 Å². The van der Waals surface area contributed by atoms with Crippen molar-refractivity contribution in [2.45, 2.75) is 207 Å². The lowest BCUT2D eigenvalue weighted by molar-refractivity contribution is -0.163. The summed E-state index contributed by atoms with van der Waals surface area (Å²) in [5, 5.41) is 0. The molecule has 0 aliphatic heterocycles. The summed E-state index contributed by atoms with van der Waals surface area (Å²) in [6, 6.07) is 0. The van der Waals surface area contributed by atoms with Crippen molar-refractivity contribution in [3.63, 3.8) is 0 Å². The van der Waals surface area contributed by atoms with Crippen LogP contribution in [0.3, 0.4) is 0 Å². The molecule has 0 spiro atoms. The van der Waals surface area contributed by atoms with E-state index in [1.807, 2.05) is 0 Å². The van der Waals surface area contributed by atoms with Crippen molar-refractivity contribution in [2.75, 3.05) is 19.8 Å².